The van der Waals surface area contributed by atoms with Crippen molar-refractivity contribution in [3.05, 3.63) is 59.9 Å². The van der Waals surface area contributed by atoms with Gasteiger partial charge in [-0.2, -0.15) is 0 Å². The van der Waals surface area contributed by atoms with E-state index in [1.807, 2.05) is 0 Å². The molecule has 8 heteroatoms. The number of thiocarbonyl (C=S) groups is 1. The number of benzene rings is 1. The quantitative estimate of drug-likeness (QED) is 0.575. The second kappa shape index (κ2) is 7.85. The van der Waals surface area contributed by atoms with Gasteiger partial charge in [0, 0.05) is 18.0 Å². The number of carbonyl (C=O) groups excluding carboxylic acids is 2. The van der Waals surface area contributed by atoms with Crippen LogP contribution in [0.15, 0.2) is 48.8 Å². The van der Waals surface area contributed by atoms with Crippen molar-refractivity contribution in [3.63, 3.8) is 0 Å². The van der Waals surface area contributed by atoms with E-state index in [4.69, 9.17) is 17.0 Å². The van der Waals surface area contributed by atoms with E-state index < -0.39 is 11.8 Å². The first-order chi connectivity index (χ1) is 11.1. The first-order valence-corrected chi connectivity index (χ1v) is 6.97. The zero-order chi connectivity index (χ0) is 16.7. The largest absolute Gasteiger partial charge is 0.496 e. The summed E-state index contributed by atoms with van der Waals surface area (Å²) in [4.78, 5) is 27.7. The Morgan fingerprint density at radius 2 is 1.74 bits per heavy atom. The summed E-state index contributed by atoms with van der Waals surface area (Å²) in [5.41, 5.74) is 5.58. The van der Waals surface area contributed by atoms with Gasteiger partial charge in [-0.05, 0) is 36.5 Å². The van der Waals surface area contributed by atoms with Crippen LogP contribution >= 0.6 is 12.2 Å². The number of amides is 2. The molecule has 0 aliphatic carbocycles. The Morgan fingerprint density at radius 1 is 1.04 bits per heavy atom. The van der Waals surface area contributed by atoms with E-state index in [2.05, 4.69) is 21.2 Å². The number of rotatable bonds is 3. The molecule has 0 fully saturated rings. The molecular formula is C15H14N4O3S. The monoisotopic (exact) mass is 330 g/mol. The van der Waals surface area contributed by atoms with Crippen LogP contribution in [-0.2, 0) is 0 Å². The van der Waals surface area contributed by atoms with Crippen molar-refractivity contribution in [1.29, 1.82) is 0 Å². The summed E-state index contributed by atoms with van der Waals surface area (Å²) in [6.07, 6.45) is 2.99. The van der Waals surface area contributed by atoms with E-state index in [1.54, 1.807) is 36.4 Å². The van der Waals surface area contributed by atoms with Crippen molar-refractivity contribution in [1.82, 2.24) is 21.2 Å². The average molecular weight is 330 g/mol. The highest BCUT2D eigenvalue weighted by Crippen LogP contribution is 2.16. The molecule has 0 spiro atoms. The minimum absolute atomic E-state index is 0.0386. The minimum Gasteiger partial charge on any atom is -0.496 e. The molecule has 2 aromatic rings. The van der Waals surface area contributed by atoms with Crippen molar-refractivity contribution >= 4 is 29.1 Å². The average Bonchev–Trinajstić information content (AvgIpc) is 2.60. The van der Waals surface area contributed by atoms with Gasteiger partial charge in [-0.25, -0.2) is 0 Å². The molecule has 1 heterocycles. The maximum atomic E-state index is 12.1. The highest BCUT2D eigenvalue weighted by molar-refractivity contribution is 7.80. The fourth-order valence-corrected chi connectivity index (χ4v) is 1.87. The Hall–Kier alpha value is -3.00. The van der Waals surface area contributed by atoms with Gasteiger partial charge in [-0.3, -0.25) is 30.7 Å². The van der Waals surface area contributed by atoms with Crippen molar-refractivity contribution in [2.75, 3.05) is 7.11 Å². The highest BCUT2D eigenvalue weighted by Gasteiger charge is 2.13. The van der Waals surface area contributed by atoms with Gasteiger partial charge in [0.05, 0.1) is 12.7 Å². The summed E-state index contributed by atoms with van der Waals surface area (Å²) in [7, 11) is 1.47. The Balaban J connectivity index is 1.90. The number of nitrogens with one attached hydrogen (secondary N) is 3. The molecule has 0 aliphatic rings. The zero-order valence-corrected chi connectivity index (χ0v) is 13.0. The Kier molecular flexibility index (Phi) is 5.59. The zero-order valence-electron chi connectivity index (χ0n) is 12.2. The lowest BCUT2D eigenvalue weighted by atomic mass is 10.2. The summed E-state index contributed by atoms with van der Waals surface area (Å²) in [5, 5.41) is 2.41. The maximum absolute atomic E-state index is 12.1. The Bertz CT molecular complexity index is 722. The van der Waals surface area contributed by atoms with E-state index in [-0.39, 0.29) is 5.11 Å². The molecule has 23 heavy (non-hydrogen) atoms. The third kappa shape index (κ3) is 4.48. The Labute approximate surface area is 138 Å². The van der Waals surface area contributed by atoms with Gasteiger partial charge in [0.25, 0.3) is 11.8 Å². The number of para-hydroxylation sites is 1. The molecule has 0 aliphatic heterocycles. The number of hydrogen-bond donors (Lipinski definition) is 3. The molecule has 1 aromatic carbocycles. The second-order valence-corrected chi connectivity index (χ2v) is 4.71. The third-order valence-electron chi connectivity index (χ3n) is 2.81. The third-order valence-corrected chi connectivity index (χ3v) is 3.01. The standard InChI is InChI=1S/C15H14N4O3S/c1-22-12-5-3-2-4-11(12)14(21)17-15(23)19-18-13(20)10-6-8-16-9-7-10/h2-9H,1H3,(H,18,20)(H2,17,19,21,23). The molecule has 0 unspecified atom stereocenters. The van der Waals surface area contributed by atoms with Gasteiger partial charge in [0.2, 0.25) is 0 Å². The number of hydrazine groups is 1. The molecule has 2 rings (SSSR count). The first kappa shape index (κ1) is 16.4. The van der Waals surface area contributed by atoms with E-state index in [0.717, 1.165) is 0 Å². The number of hydrogen-bond acceptors (Lipinski definition) is 5. The summed E-state index contributed by atoms with van der Waals surface area (Å²) in [6.45, 7) is 0. The predicted octanol–water partition coefficient (Wildman–Crippen LogP) is 1.04. The predicted molar refractivity (Wildman–Crippen MR) is 87.9 cm³/mol. The molecule has 0 saturated heterocycles. The lowest BCUT2D eigenvalue weighted by molar-refractivity contribution is 0.0934. The molecule has 3 N–H and O–H groups in total. The van der Waals surface area contributed by atoms with Gasteiger partial charge in [0.15, 0.2) is 5.11 Å². The number of aromatic nitrogens is 1. The van der Waals surface area contributed by atoms with E-state index in [1.165, 1.54) is 19.5 Å². The van der Waals surface area contributed by atoms with Gasteiger partial charge in [-0.1, -0.05) is 12.1 Å². The van der Waals surface area contributed by atoms with Crippen molar-refractivity contribution in [2.45, 2.75) is 0 Å². The van der Waals surface area contributed by atoms with Crippen LogP contribution in [-0.4, -0.2) is 29.0 Å². The van der Waals surface area contributed by atoms with E-state index in [0.29, 0.717) is 16.9 Å². The van der Waals surface area contributed by atoms with Crippen LogP contribution in [0.2, 0.25) is 0 Å². The van der Waals surface area contributed by atoms with Crippen LogP contribution in [0, 0.1) is 0 Å². The fourth-order valence-electron chi connectivity index (χ4n) is 1.72. The number of carbonyl (C=O) groups is 2. The molecule has 0 bridgehead atoms. The lowest BCUT2D eigenvalue weighted by Crippen LogP contribution is -2.48. The lowest BCUT2D eigenvalue weighted by Gasteiger charge is -2.12. The fraction of sp³-hybridized carbons (Fsp3) is 0.0667. The van der Waals surface area contributed by atoms with Crippen LogP contribution in [0.5, 0.6) is 5.75 Å². The number of methoxy groups -OCH3 is 1. The SMILES string of the molecule is COc1ccccc1C(=O)NC(=S)NNC(=O)c1ccncc1. The van der Waals surface area contributed by atoms with Crippen LogP contribution in [0.25, 0.3) is 0 Å². The van der Waals surface area contributed by atoms with Crippen LogP contribution in [0.3, 0.4) is 0 Å². The number of ether oxygens (including phenoxy) is 1. The molecule has 0 radical (unpaired) electrons. The molecule has 7 nitrogen and oxygen atoms in total. The van der Waals surface area contributed by atoms with Crippen LogP contribution in [0.4, 0.5) is 0 Å². The highest BCUT2D eigenvalue weighted by atomic mass is 32.1. The summed E-state index contributed by atoms with van der Waals surface area (Å²) >= 11 is 4.97. The summed E-state index contributed by atoms with van der Waals surface area (Å²) in [6, 6.07) is 9.82. The van der Waals surface area contributed by atoms with Crippen LogP contribution < -0.4 is 20.9 Å². The molecule has 0 atom stereocenters. The smallest absolute Gasteiger partial charge is 0.269 e. The van der Waals surface area contributed by atoms with E-state index >= 15 is 0 Å². The number of pyridine rings is 1. The molecule has 2 amide bonds. The molecular weight excluding hydrogens is 316 g/mol. The Morgan fingerprint density at radius 3 is 2.43 bits per heavy atom. The van der Waals surface area contributed by atoms with Gasteiger partial charge >= 0.3 is 0 Å². The van der Waals surface area contributed by atoms with Crippen molar-refractivity contribution < 1.29 is 14.3 Å². The first-order valence-electron chi connectivity index (χ1n) is 6.56. The van der Waals surface area contributed by atoms with Gasteiger partial charge in [0.1, 0.15) is 5.75 Å². The van der Waals surface area contributed by atoms with Crippen molar-refractivity contribution in [3.8, 4) is 5.75 Å². The van der Waals surface area contributed by atoms with Crippen LogP contribution in [0.1, 0.15) is 20.7 Å². The topological polar surface area (TPSA) is 92.4 Å². The molecule has 1 aromatic heterocycles. The molecule has 0 saturated carbocycles. The second-order valence-electron chi connectivity index (χ2n) is 4.30. The van der Waals surface area contributed by atoms with Gasteiger partial charge in [-0.15, -0.1) is 0 Å². The number of nitrogens with zero attached hydrogens (tertiary/aromatic N) is 1. The maximum Gasteiger partial charge on any atom is 0.269 e. The van der Waals surface area contributed by atoms with Gasteiger partial charge < -0.3 is 4.74 Å². The molecule has 118 valence electrons. The summed E-state index contributed by atoms with van der Waals surface area (Å²) < 4.78 is 5.10. The van der Waals surface area contributed by atoms with E-state index in [9.17, 15) is 9.59 Å². The normalized spacial score (nSPS) is 9.61. The minimum atomic E-state index is -0.446. The van der Waals surface area contributed by atoms with Crippen molar-refractivity contribution in [2.24, 2.45) is 0 Å². The summed E-state index contributed by atoms with van der Waals surface area (Å²) in [5.74, 6) is -0.423.